The van der Waals surface area contributed by atoms with Gasteiger partial charge in [-0.1, -0.05) is 6.92 Å². The number of fused-ring (bicyclic) bond motifs is 2. The van der Waals surface area contributed by atoms with Gasteiger partial charge >= 0.3 is 0 Å². The second-order valence-electron chi connectivity index (χ2n) is 5.13. The molecule has 1 aliphatic heterocycles. The fourth-order valence-corrected chi connectivity index (χ4v) is 2.91. The number of nitrogens with zero attached hydrogens (tertiary/aromatic N) is 3. The fourth-order valence-electron chi connectivity index (χ4n) is 2.91. The van der Waals surface area contributed by atoms with Gasteiger partial charge in [0, 0.05) is 30.6 Å². The van der Waals surface area contributed by atoms with E-state index in [4.69, 9.17) is 5.26 Å². The number of hydrogen-bond acceptors (Lipinski definition) is 3. The Morgan fingerprint density at radius 2 is 2.30 bits per heavy atom. The van der Waals surface area contributed by atoms with Gasteiger partial charge in [-0.15, -0.1) is 0 Å². The second kappa shape index (κ2) is 5.18. The van der Waals surface area contributed by atoms with Gasteiger partial charge in [-0.3, -0.25) is 9.88 Å². The van der Waals surface area contributed by atoms with E-state index in [1.807, 2.05) is 0 Å². The van der Waals surface area contributed by atoms with E-state index in [1.54, 1.807) is 6.07 Å². The Balaban J connectivity index is 2.24. The number of benzene rings is 1. The smallest absolute Gasteiger partial charge is 0.123 e. The van der Waals surface area contributed by atoms with Gasteiger partial charge in [0.25, 0.3) is 0 Å². The molecule has 1 aromatic carbocycles. The molecule has 2 heterocycles. The molecule has 0 fully saturated rings. The van der Waals surface area contributed by atoms with Crippen LogP contribution in [0.5, 0.6) is 0 Å². The third-order valence-electron chi connectivity index (χ3n) is 4.00. The Bertz CT molecular complexity index is 703. The Morgan fingerprint density at radius 3 is 3.05 bits per heavy atom. The highest BCUT2D eigenvalue weighted by Crippen LogP contribution is 2.28. The molecular formula is C16H16FN3. The van der Waals surface area contributed by atoms with Gasteiger partial charge < -0.3 is 0 Å². The average Bonchev–Trinajstić information content (AvgIpc) is 2.47. The summed E-state index contributed by atoms with van der Waals surface area (Å²) in [6.07, 6.45) is 1.21. The summed E-state index contributed by atoms with van der Waals surface area (Å²) in [6, 6.07) is 6.85. The summed E-state index contributed by atoms with van der Waals surface area (Å²) in [5.41, 5.74) is 3.93. The van der Waals surface area contributed by atoms with Crippen LogP contribution in [0.15, 0.2) is 18.2 Å². The van der Waals surface area contributed by atoms with Crippen molar-refractivity contribution in [2.45, 2.75) is 26.3 Å². The van der Waals surface area contributed by atoms with Crippen molar-refractivity contribution >= 4 is 10.9 Å². The number of aromatic nitrogens is 1. The maximum absolute atomic E-state index is 13.5. The van der Waals surface area contributed by atoms with Gasteiger partial charge in [0.05, 0.1) is 18.0 Å². The number of halogens is 1. The van der Waals surface area contributed by atoms with E-state index in [2.05, 4.69) is 22.9 Å². The molecule has 0 spiro atoms. The SMILES string of the molecule is CCN1CCc2nc3ccc(F)cc3c(CC#N)c2C1. The molecule has 3 rings (SSSR count). The van der Waals surface area contributed by atoms with Crippen LogP contribution in [-0.2, 0) is 19.4 Å². The number of rotatable bonds is 2. The van der Waals surface area contributed by atoms with Crippen molar-refractivity contribution in [2.75, 3.05) is 13.1 Å². The summed E-state index contributed by atoms with van der Waals surface area (Å²) in [5.74, 6) is -0.276. The van der Waals surface area contributed by atoms with Gasteiger partial charge in [0.2, 0.25) is 0 Å². The molecule has 1 aliphatic rings. The van der Waals surface area contributed by atoms with Crippen molar-refractivity contribution < 1.29 is 4.39 Å². The van der Waals surface area contributed by atoms with Crippen molar-refractivity contribution in [2.24, 2.45) is 0 Å². The average molecular weight is 269 g/mol. The molecule has 0 saturated carbocycles. The predicted molar refractivity (Wildman–Crippen MR) is 75.7 cm³/mol. The van der Waals surface area contributed by atoms with Gasteiger partial charge in [0.1, 0.15) is 5.82 Å². The van der Waals surface area contributed by atoms with Crippen LogP contribution in [-0.4, -0.2) is 23.0 Å². The summed E-state index contributed by atoms with van der Waals surface area (Å²) in [4.78, 5) is 7.00. The number of likely N-dealkylation sites (N-methyl/N-ethyl adjacent to an activating group) is 1. The first kappa shape index (κ1) is 13.0. The quantitative estimate of drug-likeness (QED) is 0.841. The molecule has 2 aromatic rings. The molecule has 0 unspecified atom stereocenters. The third-order valence-corrected chi connectivity index (χ3v) is 4.00. The fraction of sp³-hybridized carbons (Fsp3) is 0.375. The lowest BCUT2D eigenvalue weighted by Gasteiger charge is -2.29. The molecule has 0 N–H and O–H groups in total. The lowest BCUT2D eigenvalue weighted by atomic mass is 9.94. The molecule has 102 valence electrons. The summed E-state index contributed by atoms with van der Waals surface area (Å²) >= 11 is 0. The lowest BCUT2D eigenvalue weighted by molar-refractivity contribution is 0.265. The van der Waals surface area contributed by atoms with Crippen LogP contribution in [0, 0.1) is 17.1 Å². The van der Waals surface area contributed by atoms with Crippen LogP contribution in [0.1, 0.15) is 23.7 Å². The minimum Gasteiger partial charge on any atom is -0.299 e. The largest absolute Gasteiger partial charge is 0.299 e. The molecule has 1 aromatic heterocycles. The highest BCUT2D eigenvalue weighted by molar-refractivity contribution is 5.84. The van der Waals surface area contributed by atoms with Gasteiger partial charge in [-0.25, -0.2) is 4.39 Å². The highest BCUT2D eigenvalue weighted by atomic mass is 19.1. The zero-order valence-corrected chi connectivity index (χ0v) is 11.5. The van der Waals surface area contributed by atoms with E-state index in [0.29, 0.717) is 6.42 Å². The number of nitriles is 1. The van der Waals surface area contributed by atoms with Crippen LogP contribution >= 0.6 is 0 Å². The molecule has 0 aliphatic carbocycles. The van der Waals surface area contributed by atoms with Crippen molar-refractivity contribution in [3.8, 4) is 6.07 Å². The molecule has 0 atom stereocenters. The Kier molecular flexibility index (Phi) is 3.37. The standard InChI is InChI=1S/C16H16FN3/c1-2-20-8-6-16-14(10-20)12(5-7-18)13-9-11(17)3-4-15(13)19-16/h3-4,9H,2,5-6,8,10H2,1H3. The van der Waals surface area contributed by atoms with Gasteiger partial charge in [0.15, 0.2) is 0 Å². The first-order valence-electron chi connectivity index (χ1n) is 6.92. The van der Waals surface area contributed by atoms with Crippen LogP contribution in [0.4, 0.5) is 4.39 Å². The maximum Gasteiger partial charge on any atom is 0.123 e. The van der Waals surface area contributed by atoms with Crippen LogP contribution < -0.4 is 0 Å². The Labute approximate surface area is 117 Å². The minimum absolute atomic E-state index is 0.276. The van der Waals surface area contributed by atoms with Crippen LogP contribution in [0.2, 0.25) is 0 Å². The van der Waals surface area contributed by atoms with E-state index in [-0.39, 0.29) is 5.82 Å². The van der Waals surface area contributed by atoms with Crippen molar-refractivity contribution in [3.05, 3.63) is 40.8 Å². The first-order valence-corrected chi connectivity index (χ1v) is 6.92. The third kappa shape index (κ3) is 2.14. The first-order chi connectivity index (χ1) is 9.72. The summed E-state index contributed by atoms with van der Waals surface area (Å²) in [6.45, 7) is 4.91. The van der Waals surface area contributed by atoms with E-state index < -0.39 is 0 Å². The molecule has 20 heavy (non-hydrogen) atoms. The van der Waals surface area contributed by atoms with Crippen molar-refractivity contribution in [1.29, 1.82) is 5.26 Å². The minimum atomic E-state index is -0.276. The van der Waals surface area contributed by atoms with E-state index >= 15 is 0 Å². The van der Waals surface area contributed by atoms with Crippen molar-refractivity contribution in [1.82, 2.24) is 9.88 Å². The van der Waals surface area contributed by atoms with E-state index in [0.717, 1.165) is 53.8 Å². The molecule has 3 nitrogen and oxygen atoms in total. The summed E-state index contributed by atoms with van der Waals surface area (Å²) in [7, 11) is 0. The number of pyridine rings is 1. The Hall–Kier alpha value is -1.99. The molecule has 0 amide bonds. The zero-order chi connectivity index (χ0) is 14.1. The van der Waals surface area contributed by atoms with E-state index in [9.17, 15) is 4.39 Å². The molecule has 0 saturated heterocycles. The molecule has 0 bridgehead atoms. The second-order valence-corrected chi connectivity index (χ2v) is 5.13. The monoisotopic (exact) mass is 269 g/mol. The van der Waals surface area contributed by atoms with Crippen LogP contribution in [0.25, 0.3) is 10.9 Å². The maximum atomic E-state index is 13.5. The van der Waals surface area contributed by atoms with Crippen LogP contribution in [0.3, 0.4) is 0 Å². The lowest BCUT2D eigenvalue weighted by Crippen LogP contribution is -2.31. The predicted octanol–water partition coefficient (Wildman–Crippen LogP) is 2.82. The van der Waals surface area contributed by atoms with E-state index in [1.165, 1.54) is 12.1 Å². The Morgan fingerprint density at radius 1 is 1.45 bits per heavy atom. The summed E-state index contributed by atoms with van der Waals surface area (Å²) in [5, 5.41) is 9.88. The topological polar surface area (TPSA) is 39.9 Å². The highest BCUT2D eigenvalue weighted by Gasteiger charge is 2.21. The zero-order valence-electron chi connectivity index (χ0n) is 11.5. The normalized spacial score (nSPS) is 15.1. The number of hydrogen-bond donors (Lipinski definition) is 0. The molecule has 0 radical (unpaired) electrons. The summed E-state index contributed by atoms with van der Waals surface area (Å²) < 4.78 is 13.5. The van der Waals surface area contributed by atoms with Gasteiger partial charge in [-0.2, -0.15) is 5.26 Å². The molecule has 4 heteroatoms. The van der Waals surface area contributed by atoms with Gasteiger partial charge in [-0.05, 0) is 35.9 Å². The molecular weight excluding hydrogens is 253 g/mol. The van der Waals surface area contributed by atoms with Crippen molar-refractivity contribution in [3.63, 3.8) is 0 Å².